The lowest BCUT2D eigenvalue weighted by atomic mass is 9.80. The Balaban J connectivity index is 1.53. The lowest BCUT2D eigenvalue weighted by molar-refractivity contribution is 0.0866. The van der Waals surface area contributed by atoms with Gasteiger partial charge in [0.05, 0.1) is 0 Å². The van der Waals surface area contributed by atoms with Crippen molar-refractivity contribution in [1.29, 1.82) is 0 Å². The van der Waals surface area contributed by atoms with Crippen LogP contribution in [-0.4, -0.2) is 40.8 Å². The molecular formula is C29H37N7O3. The summed E-state index contributed by atoms with van der Waals surface area (Å²) in [5, 5.41) is 19.5. The van der Waals surface area contributed by atoms with E-state index in [0.717, 1.165) is 36.4 Å². The van der Waals surface area contributed by atoms with E-state index in [-0.39, 0.29) is 17.7 Å². The predicted octanol–water partition coefficient (Wildman–Crippen LogP) is 4.85. The van der Waals surface area contributed by atoms with Gasteiger partial charge >= 0.3 is 5.76 Å². The minimum Gasteiger partial charge on any atom is -0.377 e. The third-order valence-corrected chi connectivity index (χ3v) is 8.82. The van der Waals surface area contributed by atoms with Crippen molar-refractivity contribution in [2.24, 2.45) is 17.8 Å². The van der Waals surface area contributed by atoms with E-state index in [1.54, 1.807) is 6.92 Å². The van der Waals surface area contributed by atoms with Crippen LogP contribution < -0.4 is 11.1 Å². The summed E-state index contributed by atoms with van der Waals surface area (Å²) < 4.78 is 6.87. The Morgan fingerprint density at radius 1 is 1.13 bits per heavy atom. The number of imidazole rings is 1. The van der Waals surface area contributed by atoms with Gasteiger partial charge in [-0.1, -0.05) is 61.7 Å². The molecule has 10 nitrogen and oxygen atoms in total. The molecule has 0 radical (unpaired) electrons. The van der Waals surface area contributed by atoms with E-state index in [9.17, 15) is 9.90 Å². The largest absolute Gasteiger partial charge is 0.439 e. The van der Waals surface area contributed by atoms with Crippen molar-refractivity contribution in [2.45, 2.75) is 83.9 Å². The van der Waals surface area contributed by atoms with E-state index in [1.807, 2.05) is 30.3 Å². The van der Waals surface area contributed by atoms with E-state index < -0.39 is 11.4 Å². The van der Waals surface area contributed by atoms with Crippen LogP contribution in [0.25, 0.3) is 22.8 Å². The number of fused-ring (bicyclic) bond motifs is 1. The number of rotatable bonds is 8. The van der Waals surface area contributed by atoms with Crippen molar-refractivity contribution >= 4 is 17.0 Å². The highest BCUT2D eigenvalue weighted by atomic mass is 16.5. The normalized spacial score (nSPS) is 22.4. The Labute approximate surface area is 227 Å². The maximum Gasteiger partial charge on any atom is 0.439 e. The molecule has 0 bridgehead atoms. The van der Waals surface area contributed by atoms with Gasteiger partial charge in [-0.3, -0.25) is 9.51 Å². The van der Waals surface area contributed by atoms with Gasteiger partial charge < -0.3 is 15.0 Å². The molecule has 1 unspecified atom stereocenters. The van der Waals surface area contributed by atoms with Crippen LogP contribution >= 0.6 is 0 Å². The first-order chi connectivity index (χ1) is 18.8. The summed E-state index contributed by atoms with van der Waals surface area (Å²) in [6.45, 7) is 7.01. The Kier molecular flexibility index (Phi) is 6.74. The Morgan fingerprint density at radius 2 is 1.87 bits per heavy atom. The number of aromatic nitrogens is 6. The van der Waals surface area contributed by atoms with Gasteiger partial charge in [0.15, 0.2) is 11.5 Å². The molecule has 206 valence electrons. The van der Waals surface area contributed by atoms with Crippen LogP contribution in [0.4, 0.5) is 5.82 Å². The average Bonchev–Trinajstić information content (AvgIpc) is 3.49. The molecule has 2 atom stereocenters. The van der Waals surface area contributed by atoms with Gasteiger partial charge in [-0.2, -0.15) is 0 Å². The summed E-state index contributed by atoms with van der Waals surface area (Å²) in [5.74, 6) is 2.62. The summed E-state index contributed by atoms with van der Waals surface area (Å²) in [5.41, 5.74) is 0.608. The molecule has 6 rings (SSSR count). The number of nitrogens with one attached hydrogen (secondary N) is 2. The molecule has 1 aromatic carbocycles. The van der Waals surface area contributed by atoms with Crippen LogP contribution in [-0.2, 0) is 12.1 Å². The van der Waals surface area contributed by atoms with Gasteiger partial charge in [-0.15, -0.1) is 0 Å². The number of hydrogen-bond donors (Lipinski definition) is 3. The molecule has 2 saturated carbocycles. The number of nitrogens with zero attached hydrogens (tertiary/aromatic N) is 5. The molecule has 3 aromatic heterocycles. The molecule has 3 heterocycles. The van der Waals surface area contributed by atoms with Gasteiger partial charge in [0.25, 0.3) is 0 Å². The van der Waals surface area contributed by atoms with Crippen LogP contribution in [0.15, 0.2) is 39.6 Å². The maximum atomic E-state index is 12.0. The van der Waals surface area contributed by atoms with Crippen molar-refractivity contribution in [3.05, 3.63) is 52.3 Å². The quantitative estimate of drug-likeness (QED) is 0.294. The van der Waals surface area contributed by atoms with E-state index in [0.29, 0.717) is 29.1 Å². The van der Waals surface area contributed by atoms with Crippen molar-refractivity contribution < 1.29 is 9.63 Å². The lowest BCUT2D eigenvalue weighted by Gasteiger charge is -2.33. The van der Waals surface area contributed by atoms with Gasteiger partial charge in [0, 0.05) is 12.6 Å². The molecule has 39 heavy (non-hydrogen) atoms. The van der Waals surface area contributed by atoms with E-state index >= 15 is 0 Å². The smallest absolute Gasteiger partial charge is 0.377 e. The molecule has 0 spiro atoms. The van der Waals surface area contributed by atoms with Crippen LogP contribution in [0.5, 0.6) is 0 Å². The van der Waals surface area contributed by atoms with Gasteiger partial charge in [-0.25, -0.2) is 19.7 Å². The molecule has 0 amide bonds. The monoisotopic (exact) mass is 531 g/mol. The summed E-state index contributed by atoms with van der Waals surface area (Å²) in [4.78, 5) is 28.8. The maximum absolute atomic E-state index is 12.0. The highest BCUT2D eigenvalue weighted by Gasteiger charge is 2.35. The Hall–Kier alpha value is -3.53. The van der Waals surface area contributed by atoms with Crippen LogP contribution in [0.2, 0.25) is 0 Å². The fourth-order valence-corrected chi connectivity index (χ4v) is 6.05. The predicted molar refractivity (Wildman–Crippen MR) is 148 cm³/mol. The summed E-state index contributed by atoms with van der Waals surface area (Å²) >= 11 is 0. The molecular weight excluding hydrogens is 494 g/mol. The SMILES string of the molecule is C[C@@H](Nc1nc(-c2noc(=O)[nH]2)nc2nc(C(C)(O)c3ccccc3)n(C[C@H]3CC[C@H](C)CC3)c12)C1CCC1. The van der Waals surface area contributed by atoms with Crippen LogP contribution in [0.1, 0.15) is 77.1 Å². The molecule has 4 aromatic rings. The molecule has 0 saturated heterocycles. The standard InChI is InChI=1S/C29H37N7O3/c1-17-12-14-19(15-13-17)16-36-22-23(30-18(2)20-8-7-9-20)31-25(26-34-28(37)39-35-26)32-24(22)33-27(36)29(3,38)21-10-5-4-6-11-21/h4-6,10-11,17-20,38H,7-9,12-16H2,1-3H3,(H,30,31,32)(H,34,35,37)/t17-,18-,19-,29?/m1/s1. The average molecular weight is 532 g/mol. The minimum atomic E-state index is -1.36. The van der Waals surface area contributed by atoms with Crippen molar-refractivity contribution in [3.63, 3.8) is 0 Å². The zero-order chi connectivity index (χ0) is 27.1. The van der Waals surface area contributed by atoms with Gasteiger partial charge in [0.2, 0.25) is 11.6 Å². The third-order valence-electron chi connectivity index (χ3n) is 8.82. The fraction of sp³-hybridized carbons (Fsp3) is 0.552. The van der Waals surface area contributed by atoms with Crippen molar-refractivity contribution in [3.8, 4) is 11.6 Å². The number of hydrogen-bond acceptors (Lipinski definition) is 8. The van der Waals surface area contributed by atoms with E-state index in [2.05, 4.69) is 33.9 Å². The first kappa shape index (κ1) is 25.7. The first-order valence-electron chi connectivity index (χ1n) is 14.2. The zero-order valence-electron chi connectivity index (χ0n) is 22.9. The number of aliphatic hydroxyl groups is 1. The second-order valence-electron chi connectivity index (χ2n) is 11.7. The second-order valence-corrected chi connectivity index (χ2v) is 11.7. The van der Waals surface area contributed by atoms with E-state index in [1.165, 1.54) is 32.1 Å². The molecule has 2 aliphatic rings. The highest BCUT2D eigenvalue weighted by Crippen LogP contribution is 2.38. The number of aromatic amines is 1. The minimum absolute atomic E-state index is 0.147. The van der Waals surface area contributed by atoms with Crippen LogP contribution in [0.3, 0.4) is 0 Å². The van der Waals surface area contributed by atoms with Crippen molar-refractivity contribution in [1.82, 2.24) is 29.7 Å². The molecule has 2 aliphatic carbocycles. The third kappa shape index (κ3) is 4.97. The lowest BCUT2D eigenvalue weighted by Crippen LogP contribution is -2.32. The zero-order valence-corrected chi connectivity index (χ0v) is 22.9. The first-order valence-corrected chi connectivity index (χ1v) is 14.2. The Bertz CT molecular complexity index is 1490. The molecule has 2 fully saturated rings. The van der Waals surface area contributed by atoms with Crippen molar-refractivity contribution in [2.75, 3.05) is 5.32 Å². The summed E-state index contributed by atoms with van der Waals surface area (Å²) in [7, 11) is 0. The molecule has 0 aliphatic heterocycles. The molecule has 10 heteroatoms. The highest BCUT2D eigenvalue weighted by molar-refractivity contribution is 5.86. The summed E-state index contributed by atoms with van der Waals surface area (Å²) in [6.07, 6.45) is 8.27. The topological polar surface area (TPSA) is 135 Å². The number of anilines is 1. The summed E-state index contributed by atoms with van der Waals surface area (Å²) in [6, 6.07) is 9.81. The number of H-pyrrole nitrogens is 1. The van der Waals surface area contributed by atoms with Gasteiger partial charge in [0.1, 0.15) is 16.9 Å². The number of benzene rings is 1. The fourth-order valence-electron chi connectivity index (χ4n) is 6.05. The van der Waals surface area contributed by atoms with E-state index in [4.69, 9.17) is 19.5 Å². The second kappa shape index (κ2) is 10.2. The Morgan fingerprint density at radius 3 is 2.51 bits per heavy atom. The molecule has 3 N–H and O–H groups in total. The van der Waals surface area contributed by atoms with Gasteiger partial charge in [-0.05, 0) is 62.8 Å². The van der Waals surface area contributed by atoms with Crippen LogP contribution in [0, 0.1) is 17.8 Å².